The molecule has 0 atom stereocenters. The molecule has 0 radical (unpaired) electrons. The Morgan fingerprint density at radius 3 is 3.00 bits per heavy atom. The molecular weight excluding hydrogens is 222 g/mol. The number of thiol groups is 1. The van der Waals surface area contributed by atoms with Gasteiger partial charge in [-0.1, -0.05) is 0 Å². The Labute approximate surface area is 90.9 Å². The number of fused-ring (bicyclic) bond motifs is 1. The van der Waals surface area contributed by atoms with Crippen LogP contribution in [-0.2, 0) is 5.88 Å². The summed E-state index contributed by atoms with van der Waals surface area (Å²) in [7, 11) is 0. The lowest BCUT2D eigenvalue weighted by molar-refractivity contribution is 1.32. The smallest absolute Gasteiger partial charge is 0.0576 e. The lowest BCUT2D eigenvalue weighted by atomic mass is 10.1. The zero-order valence-corrected chi connectivity index (χ0v) is 9.22. The van der Waals surface area contributed by atoms with Gasteiger partial charge in [-0.3, -0.25) is 0 Å². The zero-order chi connectivity index (χ0) is 9.42. The molecule has 0 amide bonds. The summed E-state index contributed by atoms with van der Waals surface area (Å²) in [6.45, 7) is 0. The van der Waals surface area contributed by atoms with Gasteiger partial charge < -0.3 is 5.73 Å². The van der Waals surface area contributed by atoms with Crippen LogP contribution in [-0.4, -0.2) is 0 Å². The summed E-state index contributed by atoms with van der Waals surface area (Å²) in [4.78, 5) is 0.874. The van der Waals surface area contributed by atoms with Crippen LogP contribution in [0.2, 0.25) is 0 Å². The standard InChI is InChI=1S/C9H8ClNS2/c10-4-6-5-1-2-13-9(5)7(11)3-8(6)12/h1-3,12H,4,11H2. The number of hydrogen-bond acceptors (Lipinski definition) is 3. The highest BCUT2D eigenvalue weighted by atomic mass is 35.5. The normalized spacial score (nSPS) is 10.9. The van der Waals surface area contributed by atoms with Crippen LogP contribution < -0.4 is 5.73 Å². The Bertz CT molecular complexity index is 450. The Kier molecular flexibility index (Phi) is 2.41. The van der Waals surface area contributed by atoms with Crippen LogP contribution >= 0.6 is 35.6 Å². The number of rotatable bonds is 1. The van der Waals surface area contributed by atoms with E-state index < -0.39 is 0 Å². The van der Waals surface area contributed by atoms with Gasteiger partial charge in [-0.2, -0.15) is 0 Å². The molecule has 0 aliphatic carbocycles. The number of nitrogens with two attached hydrogens (primary N) is 1. The van der Waals surface area contributed by atoms with Crippen molar-refractivity contribution in [1.82, 2.24) is 0 Å². The lowest BCUT2D eigenvalue weighted by Crippen LogP contribution is -1.89. The number of nitrogen functional groups attached to an aromatic ring is 1. The molecule has 1 aromatic carbocycles. The summed E-state index contributed by atoms with van der Waals surface area (Å²) in [6, 6.07) is 3.90. The maximum absolute atomic E-state index is 5.84. The summed E-state index contributed by atoms with van der Waals surface area (Å²) >= 11 is 11.8. The molecule has 0 spiro atoms. The van der Waals surface area contributed by atoms with Crippen molar-refractivity contribution in [1.29, 1.82) is 0 Å². The Hall–Kier alpha value is -0.380. The minimum atomic E-state index is 0.479. The predicted molar refractivity (Wildman–Crippen MR) is 63.0 cm³/mol. The van der Waals surface area contributed by atoms with Gasteiger partial charge >= 0.3 is 0 Å². The molecule has 0 aliphatic rings. The van der Waals surface area contributed by atoms with Crippen molar-refractivity contribution in [2.75, 3.05) is 5.73 Å². The van der Waals surface area contributed by atoms with Crippen LogP contribution in [0.1, 0.15) is 5.56 Å². The van der Waals surface area contributed by atoms with Crippen LogP contribution in [0, 0.1) is 0 Å². The molecule has 2 N–H and O–H groups in total. The predicted octanol–water partition coefficient (Wildman–Crippen LogP) is 3.51. The number of benzene rings is 1. The van der Waals surface area contributed by atoms with Gasteiger partial charge in [0, 0.05) is 16.2 Å². The fourth-order valence-corrected chi connectivity index (χ4v) is 2.92. The van der Waals surface area contributed by atoms with Gasteiger partial charge in [0.15, 0.2) is 0 Å². The van der Waals surface area contributed by atoms with Gasteiger partial charge in [0.1, 0.15) is 0 Å². The summed E-state index contributed by atoms with van der Waals surface area (Å²) in [5, 5.41) is 3.15. The quantitative estimate of drug-likeness (QED) is 0.437. The number of alkyl halides is 1. The number of hydrogen-bond donors (Lipinski definition) is 2. The molecule has 2 aromatic rings. The van der Waals surface area contributed by atoms with Crippen LogP contribution in [0.4, 0.5) is 5.69 Å². The van der Waals surface area contributed by atoms with Crippen molar-refractivity contribution in [3.63, 3.8) is 0 Å². The van der Waals surface area contributed by atoms with Crippen LogP contribution in [0.3, 0.4) is 0 Å². The van der Waals surface area contributed by atoms with E-state index in [0.29, 0.717) is 5.88 Å². The first kappa shape index (κ1) is 9.19. The van der Waals surface area contributed by atoms with Gasteiger partial charge in [0.2, 0.25) is 0 Å². The first-order valence-corrected chi connectivity index (χ1v) is 5.63. The Morgan fingerprint density at radius 2 is 2.31 bits per heavy atom. The van der Waals surface area contributed by atoms with E-state index in [9.17, 15) is 0 Å². The van der Waals surface area contributed by atoms with Crippen LogP contribution in [0.15, 0.2) is 22.4 Å². The highest BCUT2D eigenvalue weighted by Crippen LogP contribution is 2.34. The van der Waals surface area contributed by atoms with Crippen molar-refractivity contribution in [2.45, 2.75) is 10.8 Å². The number of halogens is 1. The highest BCUT2D eigenvalue weighted by molar-refractivity contribution is 7.80. The minimum Gasteiger partial charge on any atom is -0.398 e. The van der Waals surface area contributed by atoms with Crippen LogP contribution in [0.5, 0.6) is 0 Å². The molecule has 4 heteroatoms. The van der Waals surface area contributed by atoms with E-state index in [0.717, 1.165) is 26.2 Å². The van der Waals surface area contributed by atoms with Gasteiger partial charge in [-0.05, 0) is 23.1 Å². The van der Waals surface area contributed by atoms with E-state index in [-0.39, 0.29) is 0 Å². The fraction of sp³-hybridized carbons (Fsp3) is 0.111. The third-order valence-electron chi connectivity index (χ3n) is 1.99. The Morgan fingerprint density at radius 1 is 1.54 bits per heavy atom. The Balaban J connectivity index is 2.88. The van der Waals surface area contributed by atoms with Gasteiger partial charge in [0.05, 0.1) is 10.4 Å². The topological polar surface area (TPSA) is 26.0 Å². The average molecular weight is 230 g/mol. The molecule has 1 heterocycles. The van der Waals surface area contributed by atoms with Crippen molar-refractivity contribution in [2.24, 2.45) is 0 Å². The van der Waals surface area contributed by atoms with E-state index in [4.69, 9.17) is 17.3 Å². The SMILES string of the molecule is Nc1cc(S)c(CCl)c2ccsc12. The van der Waals surface area contributed by atoms with E-state index in [1.165, 1.54) is 0 Å². The molecule has 0 unspecified atom stereocenters. The first-order valence-electron chi connectivity index (χ1n) is 3.77. The minimum absolute atomic E-state index is 0.479. The van der Waals surface area contributed by atoms with E-state index >= 15 is 0 Å². The summed E-state index contributed by atoms with van der Waals surface area (Å²) < 4.78 is 1.11. The number of thiophene rings is 1. The molecule has 0 aliphatic heterocycles. The average Bonchev–Trinajstić information content (AvgIpc) is 2.53. The maximum Gasteiger partial charge on any atom is 0.0576 e. The molecule has 0 saturated heterocycles. The van der Waals surface area contributed by atoms with Crippen molar-refractivity contribution in [3.05, 3.63) is 23.1 Å². The molecule has 68 valence electrons. The zero-order valence-electron chi connectivity index (χ0n) is 6.75. The lowest BCUT2D eigenvalue weighted by Gasteiger charge is -2.05. The van der Waals surface area contributed by atoms with E-state index in [2.05, 4.69) is 12.6 Å². The molecule has 0 saturated carbocycles. The van der Waals surface area contributed by atoms with Crippen LogP contribution in [0.25, 0.3) is 10.1 Å². The van der Waals surface area contributed by atoms with Gasteiger partial charge in [-0.15, -0.1) is 35.6 Å². The van der Waals surface area contributed by atoms with E-state index in [1.54, 1.807) is 11.3 Å². The second-order valence-corrected chi connectivity index (χ2v) is 4.43. The van der Waals surface area contributed by atoms with Crippen molar-refractivity contribution in [3.8, 4) is 0 Å². The third kappa shape index (κ3) is 1.41. The molecule has 13 heavy (non-hydrogen) atoms. The third-order valence-corrected chi connectivity index (χ3v) is 3.62. The molecule has 0 fully saturated rings. The molecule has 1 nitrogen and oxygen atoms in total. The highest BCUT2D eigenvalue weighted by Gasteiger charge is 2.08. The maximum atomic E-state index is 5.84. The second-order valence-electron chi connectivity index (χ2n) is 2.76. The largest absolute Gasteiger partial charge is 0.398 e. The molecular formula is C9H8ClNS2. The molecule has 2 rings (SSSR count). The van der Waals surface area contributed by atoms with E-state index in [1.807, 2.05) is 17.5 Å². The van der Waals surface area contributed by atoms with Gasteiger partial charge in [0.25, 0.3) is 0 Å². The summed E-state index contributed by atoms with van der Waals surface area (Å²) in [5.41, 5.74) is 7.69. The summed E-state index contributed by atoms with van der Waals surface area (Å²) in [6.07, 6.45) is 0. The van der Waals surface area contributed by atoms with Crippen molar-refractivity contribution >= 4 is 51.3 Å². The summed E-state index contributed by atoms with van der Waals surface area (Å²) in [5.74, 6) is 0.479. The second kappa shape index (κ2) is 3.40. The first-order chi connectivity index (χ1) is 6.24. The number of anilines is 1. The molecule has 0 bridgehead atoms. The molecule has 1 aromatic heterocycles. The van der Waals surface area contributed by atoms with Crippen molar-refractivity contribution < 1.29 is 0 Å². The fourth-order valence-electron chi connectivity index (χ4n) is 1.35. The van der Waals surface area contributed by atoms with Gasteiger partial charge in [-0.25, -0.2) is 0 Å². The monoisotopic (exact) mass is 229 g/mol.